The van der Waals surface area contributed by atoms with Gasteiger partial charge in [-0.05, 0) is 42.8 Å². The van der Waals surface area contributed by atoms with Crippen LogP contribution in [0.25, 0.3) is 0 Å². The highest BCUT2D eigenvalue weighted by Crippen LogP contribution is 2.32. The van der Waals surface area contributed by atoms with Gasteiger partial charge >= 0.3 is 6.18 Å². The molecule has 0 aromatic heterocycles. The van der Waals surface area contributed by atoms with Crippen LogP contribution < -0.4 is 15.0 Å². The number of carbonyl (C=O) groups is 2. The zero-order chi connectivity index (χ0) is 24.1. The molecule has 8 nitrogen and oxygen atoms in total. The Morgan fingerprint density at radius 1 is 1.06 bits per heavy atom. The summed E-state index contributed by atoms with van der Waals surface area (Å²) >= 11 is 0. The maximum atomic E-state index is 13.0. The zero-order valence-corrected chi connectivity index (χ0v) is 18.2. The van der Waals surface area contributed by atoms with Gasteiger partial charge in [0.05, 0.1) is 23.2 Å². The number of rotatable bonds is 7. The van der Waals surface area contributed by atoms with Gasteiger partial charge in [0.2, 0.25) is 15.9 Å². The summed E-state index contributed by atoms with van der Waals surface area (Å²) in [6, 6.07) is 10.3. The number of sulfonamides is 1. The van der Waals surface area contributed by atoms with E-state index in [1.54, 1.807) is 31.2 Å². The Morgan fingerprint density at radius 3 is 2.22 bits per heavy atom. The van der Waals surface area contributed by atoms with Crippen LogP contribution in [0.4, 0.5) is 24.5 Å². The van der Waals surface area contributed by atoms with E-state index in [1.165, 1.54) is 6.92 Å². The number of amides is 2. The maximum Gasteiger partial charge on any atom is 0.416 e. The Hall–Kier alpha value is -3.41. The Morgan fingerprint density at radius 2 is 1.69 bits per heavy atom. The topological polar surface area (TPSA) is 108 Å². The third-order valence-electron chi connectivity index (χ3n) is 4.12. The van der Waals surface area contributed by atoms with Gasteiger partial charge in [0.15, 0.2) is 0 Å². The van der Waals surface area contributed by atoms with Crippen molar-refractivity contribution in [2.75, 3.05) is 22.4 Å². The van der Waals surface area contributed by atoms with Gasteiger partial charge in [0.25, 0.3) is 5.91 Å². The minimum absolute atomic E-state index is 0.230. The highest BCUT2D eigenvalue weighted by molar-refractivity contribution is 7.92. The van der Waals surface area contributed by atoms with Crippen molar-refractivity contribution in [3.05, 3.63) is 59.7 Å². The first-order chi connectivity index (χ1) is 14.8. The van der Waals surface area contributed by atoms with Gasteiger partial charge in [-0.25, -0.2) is 13.8 Å². The zero-order valence-electron chi connectivity index (χ0n) is 17.4. The molecule has 0 aliphatic rings. The summed E-state index contributed by atoms with van der Waals surface area (Å²) in [7, 11) is -4.06. The van der Waals surface area contributed by atoms with Gasteiger partial charge in [-0.15, -0.1) is 0 Å². The molecule has 0 fully saturated rings. The van der Waals surface area contributed by atoms with Crippen LogP contribution in [0.2, 0.25) is 0 Å². The fourth-order valence-electron chi connectivity index (χ4n) is 2.61. The summed E-state index contributed by atoms with van der Waals surface area (Å²) in [5.74, 6) is -1.08. The summed E-state index contributed by atoms with van der Waals surface area (Å²) < 4.78 is 63.6. The quantitative estimate of drug-likeness (QED) is 0.479. The molecule has 0 aliphatic carbocycles. The lowest BCUT2D eigenvalue weighted by atomic mass is 10.1. The number of hydrazone groups is 1. The molecule has 12 heteroatoms. The summed E-state index contributed by atoms with van der Waals surface area (Å²) in [5.41, 5.74) is 2.44. The van der Waals surface area contributed by atoms with Gasteiger partial charge in [-0.2, -0.15) is 18.3 Å². The highest BCUT2D eigenvalue weighted by Gasteiger charge is 2.32. The first-order valence-electron chi connectivity index (χ1n) is 9.13. The van der Waals surface area contributed by atoms with Crippen molar-refractivity contribution in [1.82, 2.24) is 5.43 Å². The van der Waals surface area contributed by atoms with E-state index in [2.05, 4.69) is 15.8 Å². The summed E-state index contributed by atoms with van der Waals surface area (Å²) in [6.07, 6.45) is -3.88. The summed E-state index contributed by atoms with van der Waals surface area (Å²) in [5, 5.41) is 6.50. The normalized spacial score (nSPS) is 12.2. The van der Waals surface area contributed by atoms with E-state index in [0.29, 0.717) is 27.3 Å². The van der Waals surface area contributed by atoms with Crippen LogP contribution in [-0.4, -0.2) is 38.7 Å². The maximum absolute atomic E-state index is 13.0. The molecule has 32 heavy (non-hydrogen) atoms. The van der Waals surface area contributed by atoms with Gasteiger partial charge < -0.3 is 5.32 Å². The molecule has 0 unspecified atom stereocenters. The Bertz CT molecular complexity index is 1130. The number of nitrogens with zero attached hydrogens (tertiary/aromatic N) is 2. The molecule has 0 saturated heterocycles. The van der Waals surface area contributed by atoms with Crippen LogP contribution in [0.1, 0.15) is 25.0 Å². The molecule has 0 radical (unpaired) electrons. The van der Waals surface area contributed by atoms with Crippen molar-refractivity contribution in [2.45, 2.75) is 20.0 Å². The van der Waals surface area contributed by atoms with Crippen LogP contribution in [0.3, 0.4) is 0 Å². The number of alkyl halides is 3. The van der Waals surface area contributed by atoms with E-state index >= 15 is 0 Å². The lowest BCUT2D eigenvalue weighted by Gasteiger charge is -2.22. The van der Waals surface area contributed by atoms with Crippen molar-refractivity contribution in [2.24, 2.45) is 5.10 Å². The number of carbonyl (C=O) groups excluding carboxylic acids is 2. The highest BCUT2D eigenvalue weighted by atomic mass is 32.2. The lowest BCUT2D eigenvalue weighted by molar-refractivity contribution is -0.137. The molecule has 0 atom stereocenters. The first kappa shape index (κ1) is 24.9. The van der Waals surface area contributed by atoms with Crippen LogP contribution in [0.15, 0.2) is 53.6 Å². The molecule has 2 N–H and O–H groups in total. The molecule has 2 aromatic rings. The summed E-state index contributed by atoms with van der Waals surface area (Å²) in [4.78, 5) is 23.3. The third kappa shape index (κ3) is 7.08. The van der Waals surface area contributed by atoms with Crippen LogP contribution in [-0.2, 0) is 25.8 Å². The van der Waals surface area contributed by atoms with Crippen molar-refractivity contribution >= 4 is 38.9 Å². The molecule has 0 bridgehead atoms. The number of benzene rings is 2. The second-order valence-corrected chi connectivity index (χ2v) is 8.72. The number of hydrogen-bond donors (Lipinski definition) is 2. The second kappa shape index (κ2) is 9.81. The number of nitrogens with one attached hydrogen (secondary N) is 2. The first-order valence-corrected chi connectivity index (χ1v) is 11.0. The number of hydrogen-bond acceptors (Lipinski definition) is 5. The largest absolute Gasteiger partial charge is 0.416 e. The Balaban J connectivity index is 2.15. The fourth-order valence-corrected chi connectivity index (χ4v) is 3.46. The molecule has 0 aliphatic heterocycles. The van der Waals surface area contributed by atoms with Crippen molar-refractivity contribution in [1.29, 1.82) is 0 Å². The number of halogens is 3. The lowest BCUT2D eigenvalue weighted by Crippen LogP contribution is -2.39. The van der Waals surface area contributed by atoms with E-state index in [-0.39, 0.29) is 11.6 Å². The van der Waals surface area contributed by atoms with E-state index in [9.17, 15) is 31.2 Å². The van der Waals surface area contributed by atoms with Gasteiger partial charge in [0.1, 0.15) is 6.54 Å². The average Bonchev–Trinajstić information content (AvgIpc) is 2.69. The minimum atomic E-state index is -4.67. The van der Waals surface area contributed by atoms with Gasteiger partial charge in [-0.1, -0.05) is 18.2 Å². The van der Waals surface area contributed by atoms with Crippen molar-refractivity contribution in [3.63, 3.8) is 0 Å². The molecular formula is C20H21F3N4O4S. The van der Waals surface area contributed by atoms with E-state index < -0.39 is 34.2 Å². The van der Waals surface area contributed by atoms with Crippen LogP contribution in [0, 0.1) is 0 Å². The van der Waals surface area contributed by atoms with Crippen molar-refractivity contribution < 1.29 is 31.2 Å². The molecular weight excluding hydrogens is 449 g/mol. The van der Waals surface area contributed by atoms with Crippen LogP contribution >= 0.6 is 0 Å². The Labute approximate surface area is 183 Å². The predicted octanol–water partition coefficient (Wildman–Crippen LogP) is 2.97. The smallest absolute Gasteiger partial charge is 0.326 e. The van der Waals surface area contributed by atoms with E-state index in [4.69, 9.17) is 0 Å². The predicted molar refractivity (Wildman–Crippen MR) is 115 cm³/mol. The second-order valence-electron chi connectivity index (χ2n) is 6.81. The van der Waals surface area contributed by atoms with Crippen LogP contribution in [0.5, 0.6) is 0 Å². The Kier molecular flexibility index (Phi) is 7.62. The number of anilines is 2. The SMILES string of the molecule is CC(=O)Nc1ccc(/C(C)=N\NC(=O)CN(c2cccc(C(F)(F)F)c2)S(C)(=O)=O)cc1. The molecule has 0 spiro atoms. The fraction of sp³-hybridized carbons (Fsp3) is 0.250. The molecule has 2 rings (SSSR count). The monoisotopic (exact) mass is 470 g/mol. The molecule has 0 saturated carbocycles. The molecule has 2 aromatic carbocycles. The van der Waals surface area contributed by atoms with E-state index in [1.807, 2.05) is 0 Å². The van der Waals surface area contributed by atoms with Gasteiger partial charge in [0, 0.05) is 12.6 Å². The summed E-state index contributed by atoms with van der Waals surface area (Å²) in [6.45, 7) is 2.20. The third-order valence-corrected chi connectivity index (χ3v) is 5.26. The molecule has 2 amide bonds. The van der Waals surface area contributed by atoms with E-state index in [0.717, 1.165) is 24.5 Å². The molecule has 172 valence electrons. The van der Waals surface area contributed by atoms with Gasteiger partial charge in [-0.3, -0.25) is 13.9 Å². The minimum Gasteiger partial charge on any atom is -0.326 e. The molecule has 0 heterocycles. The average molecular weight is 470 g/mol. The van der Waals surface area contributed by atoms with Crippen molar-refractivity contribution in [3.8, 4) is 0 Å². The standard InChI is InChI=1S/C20H21F3N4O4S/c1-13(15-7-9-17(10-8-15)24-14(2)28)25-26-19(29)12-27(32(3,30)31)18-6-4-5-16(11-18)20(21,22)23/h4-11H,12H2,1-3H3,(H,24,28)(H,26,29)/b25-13-.